The third kappa shape index (κ3) is 4.20. The number of halogens is 1. The number of methoxy groups -OCH3 is 1. The highest BCUT2D eigenvalue weighted by atomic mass is 35.5. The van der Waals surface area contributed by atoms with Crippen molar-refractivity contribution in [1.82, 2.24) is 25.1 Å². The number of ether oxygens (including phenoxy) is 1. The van der Waals surface area contributed by atoms with Gasteiger partial charge in [0, 0.05) is 42.5 Å². The lowest BCUT2D eigenvalue weighted by Crippen LogP contribution is -2.47. The third-order valence-electron chi connectivity index (χ3n) is 4.69. The minimum Gasteiger partial charge on any atom is -0.497 e. The fourth-order valence-corrected chi connectivity index (χ4v) is 3.26. The average Bonchev–Trinajstić information content (AvgIpc) is 3.18. The van der Waals surface area contributed by atoms with Gasteiger partial charge >= 0.3 is 0 Å². The summed E-state index contributed by atoms with van der Waals surface area (Å²) in [6.45, 7) is 4.46. The van der Waals surface area contributed by atoms with Crippen molar-refractivity contribution in [2.75, 3.05) is 38.2 Å². The molecule has 140 valence electrons. The molecule has 0 amide bonds. The van der Waals surface area contributed by atoms with Crippen LogP contribution < -0.4 is 9.64 Å². The number of tetrazole rings is 1. The second-order valence-corrected chi connectivity index (χ2v) is 6.87. The number of anilines is 1. The van der Waals surface area contributed by atoms with Crippen LogP contribution in [0, 0.1) is 0 Å². The van der Waals surface area contributed by atoms with Crippen molar-refractivity contribution in [3.8, 4) is 17.1 Å². The van der Waals surface area contributed by atoms with Gasteiger partial charge in [-0.25, -0.2) is 0 Å². The molecular weight excluding hydrogens is 364 g/mol. The fraction of sp³-hybridized carbons (Fsp3) is 0.316. The number of rotatable bonds is 5. The van der Waals surface area contributed by atoms with Gasteiger partial charge in [0.1, 0.15) is 12.4 Å². The molecule has 4 rings (SSSR count). The Bertz CT molecular complexity index is 872. The maximum absolute atomic E-state index is 5.93. The summed E-state index contributed by atoms with van der Waals surface area (Å²) in [5.74, 6) is 1.50. The normalized spacial score (nSPS) is 15.1. The first-order valence-corrected chi connectivity index (χ1v) is 9.24. The predicted octanol–water partition coefficient (Wildman–Crippen LogP) is 2.78. The first-order valence-electron chi connectivity index (χ1n) is 8.86. The Hall–Kier alpha value is -2.64. The van der Waals surface area contributed by atoms with Gasteiger partial charge in [0.05, 0.1) is 7.11 Å². The summed E-state index contributed by atoms with van der Waals surface area (Å²) in [6.07, 6.45) is 0. The van der Waals surface area contributed by atoms with Crippen LogP contribution in [0.4, 0.5) is 5.69 Å². The summed E-state index contributed by atoms with van der Waals surface area (Å²) in [4.78, 5) is 6.35. The van der Waals surface area contributed by atoms with E-state index in [0.29, 0.717) is 17.5 Å². The summed E-state index contributed by atoms with van der Waals surface area (Å²) in [6, 6.07) is 15.7. The number of piperazine rings is 1. The molecule has 1 aliphatic heterocycles. The third-order valence-corrected chi connectivity index (χ3v) is 4.94. The van der Waals surface area contributed by atoms with Crippen molar-refractivity contribution < 1.29 is 4.74 Å². The second-order valence-electron chi connectivity index (χ2n) is 6.44. The van der Waals surface area contributed by atoms with Crippen LogP contribution in [0.5, 0.6) is 5.75 Å². The zero-order valence-electron chi connectivity index (χ0n) is 15.1. The second kappa shape index (κ2) is 7.94. The Morgan fingerprint density at radius 1 is 0.963 bits per heavy atom. The van der Waals surface area contributed by atoms with E-state index < -0.39 is 0 Å². The molecule has 0 N–H and O–H groups in total. The lowest BCUT2D eigenvalue weighted by Gasteiger charge is -2.35. The Labute approximate surface area is 163 Å². The topological polar surface area (TPSA) is 59.3 Å². The van der Waals surface area contributed by atoms with E-state index in [2.05, 4.69) is 37.3 Å². The molecule has 0 saturated carbocycles. The number of benzene rings is 2. The molecular formula is C19H21ClN6O. The molecule has 2 aromatic carbocycles. The Balaban J connectivity index is 1.33. The number of nitrogens with zero attached hydrogens (tertiary/aromatic N) is 6. The molecule has 3 aromatic rings. The van der Waals surface area contributed by atoms with Gasteiger partial charge in [0.25, 0.3) is 0 Å². The minimum absolute atomic E-state index is 0.614. The maximum atomic E-state index is 5.93. The molecule has 8 heteroatoms. The molecule has 0 atom stereocenters. The zero-order valence-corrected chi connectivity index (χ0v) is 15.9. The van der Waals surface area contributed by atoms with E-state index in [-0.39, 0.29) is 0 Å². The van der Waals surface area contributed by atoms with Crippen molar-refractivity contribution in [3.63, 3.8) is 0 Å². The van der Waals surface area contributed by atoms with Crippen molar-refractivity contribution in [1.29, 1.82) is 0 Å². The molecule has 0 spiro atoms. The van der Waals surface area contributed by atoms with E-state index in [4.69, 9.17) is 16.3 Å². The van der Waals surface area contributed by atoms with E-state index in [1.165, 1.54) is 5.69 Å². The van der Waals surface area contributed by atoms with Gasteiger partial charge in [0.15, 0.2) is 0 Å². The Morgan fingerprint density at radius 3 is 2.33 bits per heavy atom. The molecule has 7 nitrogen and oxygen atoms in total. The average molecular weight is 385 g/mol. The lowest BCUT2D eigenvalue weighted by atomic mass is 10.2. The number of aromatic nitrogens is 4. The van der Waals surface area contributed by atoms with Crippen molar-refractivity contribution in [2.45, 2.75) is 6.67 Å². The van der Waals surface area contributed by atoms with Crippen molar-refractivity contribution >= 4 is 17.3 Å². The van der Waals surface area contributed by atoms with Gasteiger partial charge in [-0.05, 0) is 53.7 Å². The largest absolute Gasteiger partial charge is 0.497 e. The molecule has 0 bridgehead atoms. The van der Waals surface area contributed by atoms with E-state index >= 15 is 0 Å². The fourth-order valence-electron chi connectivity index (χ4n) is 3.14. The molecule has 2 heterocycles. The van der Waals surface area contributed by atoms with E-state index in [9.17, 15) is 0 Å². The highest BCUT2D eigenvalue weighted by Crippen LogP contribution is 2.21. The molecule has 1 aliphatic rings. The van der Waals surface area contributed by atoms with Gasteiger partial charge in [-0.3, -0.25) is 4.90 Å². The first-order chi connectivity index (χ1) is 13.2. The molecule has 0 unspecified atom stereocenters. The SMILES string of the molecule is COc1ccc(N2CCN(Cn3nnc(-c4ccc(Cl)cc4)n3)CC2)cc1. The first kappa shape index (κ1) is 17.8. The quantitative estimate of drug-likeness (QED) is 0.674. The lowest BCUT2D eigenvalue weighted by molar-refractivity contribution is 0.182. The Morgan fingerprint density at radius 2 is 1.67 bits per heavy atom. The van der Waals surface area contributed by atoms with Crippen LogP contribution in [0.25, 0.3) is 11.4 Å². The van der Waals surface area contributed by atoms with Gasteiger partial charge < -0.3 is 9.64 Å². The van der Waals surface area contributed by atoms with Gasteiger partial charge in [0.2, 0.25) is 5.82 Å². The smallest absolute Gasteiger partial charge is 0.204 e. The predicted molar refractivity (Wildman–Crippen MR) is 105 cm³/mol. The summed E-state index contributed by atoms with van der Waals surface area (Å²) in [5, 5.41) is 13.5. The number of hydrogen-bond acceptors (Lipinski definition) is 6. The van der Waals surface area contributed by atoms with Gasteiger partial charge in [-0.2, -0.15) is 0 Å². The van der Waals surface area contributed by atoms with Gasteiger partial charge in [-0.1, -0.05) is 11.6 Å². The minimum atomic E-state index is 0.614. The van der Waals surface area contributed by atoms with Crippen LogP contribution in [0.2, 0.25) is 5.02 Å². The molecule has 0 radical (unpaired) electrons. The van der Waals surface area contributed by atoms with Crippen LogP contribution in [0.1, 0.15) is 0 Å². The van der Waals surface area contributed by atoms with E-state index in [1.807, 2.05) is 36.4 Å². The summed E-state index contributed by atoms with van der Waals surface area (Å²) in [7, 11) is 1.68. The van der Waals surface area contributed by atoms with Crippen LogP contribution in [0.15, 0.2) is 48.5 Å². The summed E-state index contributed by atoms with van der Waals surface area (Å²) in [5.41, 5.74) is 2.13. The molecule has 0 aliphatic carbocycles. The molecule has 1 fully saturated rings. The molecule has 27 heavy (non-hydrogen) atoms. The standard InChI is InChI=1S/C19H21ClN6O/c1-27-18-8-6-17(7-9-18)25-12-10-24(11-13-25)14-26-22-19(21-23-26)15-2-4-16(20)5-3-15/h2-9H,10-14H2,1H3. The van der Waals surface area contributed by atoms with Gasteiger partial charge in [-0.15, -0.1) is 15.0 Å². The monoisotopic (exact) mass is 384 g/mol. The van der Waals surface area contributed by atoms with E-state index in [1.54, 1.807) is 11.9 Å². The van der Waals surface area contributed by atoms with Crippen LogP contribution in [0.3, 0.4) is 0 Å². The summed E-state index contributed by atoms with van der Waals surface area (Å²) >= 11 is 5.93. The highest BCUT2D eigenvalue weighted by Gasteiger charge is 2.18. The number of hydrogen-bond donors (Lipinski definition) is 0. The van der Waals surface area contributed by atoms with Crippen molar-refractivity contribution in [3.05, 3.63) is 53.6 Å². The van der Waals surface area contributed by atoms with Crippen molar-refractivity contribution in [2.24, 2.45) is 0 Å². The van der Waals surface area contributed by atoms with Crippen LogP contribution in [-0.4, -0.2) is 58.4 Å². The highest BCUT2D eigenvalue weighted by molar-refractivity contribution is 6.30. The maximum Gasteiger partial charge on any atom is 0.204 e. The van der Waals surface area contributed by atoms with E-state index in [0.717, 1.165) is 37.5 Å². The van der Waals surface area contributed by atoms with Crippen LogP contribution in [-0.2, 0) is 6.67 Å². The molecule has 1 saturated heterocycles. The zero-order chi connectivity index (χ0) is 18.6. The Kier molecular flexibility index (Phi) is 5.22. The molecule has 1 aromatic heterocycles. The summed E-state index contributed by atoms with van der Waals surface area (Å²) < 4.78 is 5.22. The van der Waals surface area contributed by atoms with Crippen LogP contribution >= 0.6 is 11.6 Å².